The zero-order valence-corrected chi connectivity index (χ0v) is 9.82. The number of nitrogen functional groups attached to an aromatic ring is 1. The van der Waals surface area contributed by atoms with E-state index in [0.29, 0.717) is 5.82 Å². The number of nitrogens with zero attached hydrogens (tertiary/aromatic N) is 3. The fourth-order valence-corrected chi connectivity index (χ4v) is 1.52. The Hall–Kier alpha value is -1.03. The molecule has 15 heavy (non-hydrogen) atoms. The van der Waals surface area contributed by atoms with Gasteiger partial charge < -0.3 is 10.6 Å². The maximum atomic E-state index is 5.54. The van der Waals surface area contributed by atoms with Gasteiger partial charge in [0.2, 0.25) is 0 Å². The molecule has 0 atom stereocenters. The van der Waals surface area contributed by atoms with Gasteiger partial charge in [-0.15, -0.1) is 0 Å². The van der Waals surface area contributed by atoms with Crippen LogP contribution < -0.4 is 5.73 Å². The highest BCUT2D eigenvalue weighted by atomic mass is 15.3. The minimum atomic E-state index is 0.601. The second kappa shape index (κ2) is 6.45. The summed E-state index contributed by atoms with van der Waals surface area (Å²) in [5.41, 5.74) is 5.54. The van der Waals surface area contributed by atoms with Crippen LogP contribution in [0.5, 0.6) is 0 Å². The number of hydrogen-bond acceptors (Lipinski definition) is 3. The highest BCUT2D eigenvalue weighted by molar-refractivity contribution is 5.23. The first-order valence-electron chi connectivity index (χ1n) is 5.70. The van der Waals surface area contributed by atoms with Crippen LogP contribution in [0.2, 0.25) is 0 Å². The number of likely N-dealkylation sites (N-methyl/N-ethyl adjacent to an activating group) is 1. The molecule has 2 N–H and O–H groups in total. The van der Waals surface area contributed by atoms with Gasteiger partial charge in [-0.1, -0.05) is 19.8 Å². The normalized spacial score (nSPS) is 11.1. The van der Waals surface area contributed by atoms with Crippen molar-refractivity contribution in [3.05, 3.63) is 12.3 Å². The maximum absolute atomic E-state index is 5.54. The molecule has 1 rings (SSSR count). The monoisotopic (exact) mass is 210 g/mol. The molecule has 1 aromatic rings. The molecule has 0 spiro atoms. The van der Waals surface area contributed by atoms with Crippen LogP contribution in [0.3, 0.4) is 0 Å². The fraction of sp³-hybridized carbons (Fsp3) is 0.727. The van der Waals surface area contributed by atoms with Crippen LogP contribution in [0, 0.1) is 0 Å². The molecule has 0 aliphatic carbocycles. The molecule has 0 aliphatic heterocycles. The molecule has 0 aromatic carbocycles. The molecule has 0 radical (unpaired) electrons. The summed E-state index contributed by atoms with van der Waals surface area (Å²) in [5, 5.41) is 4.15. The number of nitrogens with two attached hydrogens (primary N) is 1. The Morgan fingerprint density at radius 1 is 1.40 bits per heavy atom. The average Bonchev–Trinajstić information content (AvgIpc) is 2.62. The lowest BCUT2D eigenvalue weighted by Crippen LogP contribution is -2.24. The molecule has 4 heteroatoms. The number of anilines is 1. The Morgan fingerprint density at radius 2 is 2.20 bits per heavy atom. The summed E-state index contributed by atoms with van der Waals surface area (Å²) >= 11 is 0. The predicted molar refractivity (Wildman–Crippen MR) is 63.7 cm³/mol. The van der Waals surface area contributed by atoms with Gasteiger partial charge >= 0.3 is 0 Å². The minimum Gasteiger partial charge on any atom is -0.382 e. The third-order valence-electron chi connectivity index (χ3n) is 2.52. The summed E-state index contributed by atoms with van der Waals surface area (Å²) in [7, 11) is 2.16. The van der Waals surface area contributed by atoms with Crippen molar-refractivity contribution < 1.29 is 0 Å². The third kappa shape index (κ3) is 4.83. The van der Waals surface area contributed by atoms with Crippen molar-refractivity contribution in [3.63, 3.8) is 0 Å². The van der Waals surface area contributed by atoms with Crippen LogP contribution in [0.25, 0.3) is 0 Å². The Bertz CT molecular complexity index is 269. The first-order chi connectivity index (χ1) is 7.22. The maximum Gasteiger partial charge on any atom is 0.145 e. The van der Waals surface area contributed by atoms with Gasteiger partial charge in [0.15, 0.2) is 0 Å². The Kier molecular flexibility index (Phi) is 5.18. The van der Waals surface area contributed by atoms with E-state index in [1.54, 1.807) is 0 Å². The smallest absolute Gasteiger partial charge is 0.145 e. The number of unbranched alkanes of at least 4 members (excludes halogenated alkanes) is 2. The molecular formula is C11H22N4. The third-order valence-corrected chi connectivity index (χ3v) is 2.52. The standard InChI is InChI=1S/C11H22N4/c1-3-4-5-7-14(2)9-10-15-8-6-11(12)13-15/h6,8H,3-5,7,9-10H2,1-2H3,(H2,12,13). The largest absolute Gasteiger partial charge is 0.382 e. The van der Waals surface area contributed by atoms with E-state index in [1.165, 1.54) is 25.8 Å². The second-order valence-electron chi connectivity index (χ2n) is 4.01. The fourth-order valence-electron chi connectivity index (χ4n) is 1.52. The Labute approximate surface area is 92.1 Å². The SMILES string of the molecule is CCCCCN(C)CCn1ccc(N)n1. The van der Waals surface area contributed by atoms with E-state index in [0.717, 1.165) is 13.1 Å². The van der Waals surface area contributed by atoms with Gasteiger partial charge in [0, 0.05) is 12.7 Å². The molecule has 0 bridgehead atoms. The van der Waals surface area contributed by atoms with Gasteiger partial charge in [-0.3, -0.25) is 4.68 Å². The molecule has 1 heterocycles. The molecule has 0 unspecified atom stereocenters. The zero-order chi connectivity index (χ0) is 11.1. The van der Waals surface area contributed by atoms with Crippen LogP contribution in [-0.4, -0.2) is 34.8 Å². The van der Waals surface area contributed by atoms with Crippen LogP contribution >= 0.6 is 0 Å². The molecule has 0 aliphatic rings. The topological polar surface area (TPSA) is 47.1 Å². The molecule has 86 valence electrons. The van der Waals surface area contributed by atoms with Crippen molar-refractivity contribution in [2.75, 3.05) is 25.9 Å². The van der Waals surface area contributed by atoms with E-state index >= 15 is 0 Å². The van der Waals surface area contributed by atoms with Crippen LogP contribution in [0.15, 0.2) is 12.3 Å². The van der Waals surface area contributed by atoms with E-state index in [1.807, 2.05) is 16.9 Å². The van der Waals surface area contributed by atoms with Crippen molar-refractivity contribution in [1.82, 2.24) is 14.7 Å². The summed E-state index contributed by atoms with van der Waals surface area (Å²) < 4.78 is 1.89. The van der Waals surface area contributed by atoms with Gasteiger partial charge in [0.1, 0.15) is 5.82 Å². The number of aromatic nitrogens is 2. The van der Waals surface area contributed by atoms with Crippen molar-refractivity contribution in [2.45, 2.75) is 32.7 Å². The van der Waals surface area contributed by atoms with Gasteiger partial charge in [-0.2, -0.15) is 5.10 Å². The molecule has 0 saturated heterocycles. The second-order valence-corrected chi connectivity index (χ2v) is 4.01. The summed E-state index contributed by atoms with van der Waals surface area (Å²) in [4.78, 5) is 2.34. The molecule has 0 fully saturated rings. The number of rotatable bonds is 7. The lowest BCUT2D eigenvalue weighted by Gasteiger charge is -2.15. The highest BCUT2D eigenvalue weighted by Gasteiger charge is 1.99. The average molecular weight is 210 g/mol. The van der Waals surface area contributed by atoms with Gasteiger partial charge in [0.05, 0.1) is 6.54 Å². The van der Waals surface area contributed by atoms with Crippen LogP contribution in [0.4, 0.5) is 5.82 Å². The van der Waals surface area contributed by atoms with Crippen molar-refractivity contribution in [3.8, 4) is 0 Å². The van der Waals surface area contributed by atoms with Gasteiger partial charge in [0.25, 0.3) is 0 Å². The van der Waals surface area contributed by atoms with E-state index in [9.17, 15) is 0 Å². The highest BCUT2D eigenvalue weighted by Crippen LogP contribution is 1.98. The van der Waals surface area contributed by atoms with Crippen LogP contribution in [-0.2, 0) is 6.54 Å². The van der Waals surface area contributed by atoms with E-state index < -0.39 is 0 Å². The van der Waals surface area contributed by atoms with E-state index in [2.05, 4.69) is 24.0 Å². The zero-order valence-electron chi connectivity index (χ0n) is 9.82. The summed E-state index contributed by atoms with van der Waals surface area (Å²) in [6.45, 7) is 5.35. The quantitative estimate of drug-likeness (QED) is 0.695. The lowest BCUT2D eigenvalue weighted by atomic mass is 10.2. The predicted octanol–water partition coefficient (Wildman–Crippen LogP) is 1.59. The molecular weight excluding hydrogens is 188 g/mol. The molecule has 4 nitrogen and oxygen atoms in total. The van der Waals surface area contributed by atoms with E-state index in [4.69, 9.17) is 5.73 Å². The molecule has 1 aromatic heterocycles. The molecule has 0 amide bonds. The molecule has 0 saturated carbocycles. The lowest BCUT2D eigenvalue weighted by molar-refractivity contribution is 0.305. The Balaban J connectivity index is 2.13. The summed E-state index contributed by atoms with van der Waals surface area (Å²) in [5.74, 6) is 0.601. The van der Waals surface area contributed by atoms with Crippen molar-refractivity contribution in [1.29, 1.82) is 0 Å². The van der Waals surface area contributed by atoms with Crippen LogP contribution in [0.1, 0.15) is 26.2 Å². The number of hydrogen-bond donors (Lipinski definition) is 1. The van der Waals surface area contributed by atoms with Gasteiger partial charge in [-0.05, 0) is 26.1 Å². The van der Waals surface area contributed by atoms with E-state index in [-0.39, 0.29) is 0 Å². The first-order valence-corrected chi connectivity index (χ1v) is 5.70. The summed E-state index contributed by atoms with van der Waals surface area (Å²) in [6, 6.07) is 1.83. The minimum absolute atomic E-state index is 0.601. The Morgan fingerprint density at radius 3 is 2.80 bits per heavy atom. The first kappa shape index (κ1) is 12.0. The summed E-state index contributed by atoms with van der Waals surface area (Å²) in [6.07, 6.45) is 5.81. The van der Waals surface area contributed by atoms with Crippen molar-refractivity contribution in [2.24, 2.45) is 0 Å². The van der Waals surface area contributed by atoms with Gasteiger partial charge in [-0.25, -0.2) is 0 Å². The van der Waals surface area contributed by atoms with Crippen molar-refractivity contribution >= 4 is 5.82 Å².